The number of allylic oxidation sites excluding steroid dienone is 4. The molecule has 1 aromatic rings. The maximum Gasteiger partial charge on any atom is 0.322 e. The number of carbonyl (C=O) groups is 1. The van der Waals surface area contributed by atoms with Gasteiger partial charge in [-0.2, -0.15) is 0 Å². The summed E-state index contributed by atoms with van der Waals surface area (Å²) in [4.78, 5) is 10.6. The van der Waals surface area contributed by atoms with Crippen LogP contribution in [-0.4, -0.2) is 24.0 Å². The lowest BCUT2D eigenvalue weighted by Crippen LogP contribution is -2.38. The molecule has 0 unspecified atom stereocenters. The summed E-state index contributed by atoms with van der Waals surface area (Å²) in [5.74, 6) is -0.241. The van der Waals surface area contributed by atoms with Crippen molar-refractivity contribution < 1.29 is 9.53 Å². The van der Waals surface area contributed by atoms with Crippen LogP contribution in [0.5, 0.6) is 0 Å². The van der Waals surface area contributed by atoms with Gasteiger partial charge in [-0.15, -0.1) is 11.6 Å². The minimum atomic E-state index is -0.723. The molecule has 0 aliphatic heterocycles. The molecule has 0 amide bonds. The summed E-state index contributed by atoms with van der Waals surface area (Å²) in [5, 5.41) is 0. The summed E-state index contributed by atoms with van der Waals surface area (Å²) in [6.45, 7) is 0. The van der Waals surface area contributed by atoms with Crippen LogP contribution in [0.1, 0.15) is 17.9 Å². The highest BCUT2D eigenvalue weighted by Gasteiger charge is 2.30. The van der Waals surface area contributed by atoms with Crippen LogP contribution in [0.25, 0.3) is 0 Å². The van der Waals surface area contributed by atoms with Gasteiger partial charge in [0.25, 0.3) is 0 Å². The van der Waals surface area contributed by atoms with Gasteiger partial charge in [0.05, 0.1) is 12.0 Å². The Morgan fingerprint density at radius 3 is 2.50 bits per heavy atom. The summed E-state index contributed by atoms with van der Waals surface area (Å²) in [5.41, 5.74) is 6.97. The first-order chi connectivity index (χ1) is 9.54. The van der Waals surface area contributed by atoms with Gasteiger partial charge < -0.3 is 10.5 Å². The van der Waals surface area contributed by atoms with Crippen LogP contribution >= 0.6 is 11.6 Å². The molecule has 2 rings (SSSR count). The van der Waals surface area contributed by atoms with Crippen molar-refractivity contribution >= 4 is 17.6 Å². The molecule has 0 saturated heterocycles. The Labute approximate surface area is 124 Å². The maximum absolute atomic E-state index is 11.4. The molecule has 1 atom stereocenters. The van der Waals surface area contributed by atoms with Gasteiger partial charge in [-0.3, -0.25) is 4.79 Å². The SMILES string of the molecule is COC(=O)[C@@H](N)CC1(Cl)C=CC(c2ccccc2)C=C1. The molecular weight excluding hydrogens is 274 g/mol. The zero-order valence-corrected chi connectivity index (χ0v) is 12.1. The van der Waals surface area contributed by atoms with Crippen molar-refractivity contribution in [3.63, 3.8) is 0 Å². The van der Waals surface area contributed by atoms with E-state index in [1.165, 1.54) is 12.7 Å². The van der Waals surface area contributed by atoms with Gasteiger partial charge in [-0.1, -0.05) is 54.6 Å². The highest BCUT2D eigenvalue weighted by atomic mass is 35.5. The zero-order chi connectivity index (χ0) is 14.6. The second kappa shape index (κ2) is 6.25. The van der Waals surface area contributed by atoms with E-state index in [0.29, 0.717) is 6.42 Å². The smallest absolute Gasteiger partial charge is 0.322 e. The minimum Gasteiger partial charge on any atom is -0.468 e. The standard InChI is InChI=1S/C16H18ClNO2/c1-20-15(19)14(18)11-16(17)9-7-13(8-10-16)12-5-3-2-4-6-12/h2-10,13-14H,11,18H2,1H3/t13?,14-,16?/m0/s1. The highest BCUT2D eigenvalue weighted by molar-refractivity contribution is 6.27. The highest BCUT2D eigenvalue weighted by Crippen LogP contribution is 2.33. The van der Waals surface area contributed by atoms with E-state index in [0.717, 1.165) is 0 Å². The van der Waals surface area contributed by atoms with Crippen molar-refractivity contribution in [3.05, 3.63) is 60.2 Å². The first-order valence-corrected chi connectivity index (χ1v) is 6.88. The summed E-state index contributed by atoms with van der Waals surface area (Å²) < 4.78 is 4.62. The topological polar surface area (TPSA) is 52.3 Å². The van der Waals surface area contributed by atoms with Crippen LogP contribution in [0.15, 0.2) is 54.6 Å². The summed E-state index contributed by atoms with van der Waals surface area (Å²) >= 11 is 6.46. The van der Waals surface area contributed by atoms with Crippen LogP contribution < -0.4 is 5.73 Å². The fourth-order valence-corrected chi connectivity index (χ4v) is 2.56. The molecule has 3 nitrogen and oxygen atoms in total. The number of hydrogen-bond acceptors (Lipinski definition) is 3. The van der Waals surface area contributed by atoms with Crippen molar-refractivity contribution in [1.29, 1.82) is 0 Å². The summed E-state index contributed by atoms with van der Waals surface area (Å²) in [7, 11) is 1.32. The Balaban J connectivity index is 2.05. The Morgan fingerprint density at radius 2 is 1.95 bits per heavy atom. The Hall–Kier alpha value is -1.58. The van der Waals surface area contributed by atoms with E-state index in [9.17, 15) is 4.79 Å². The third-order valence-electron chi connectivity index (χ3n) is 3.38. The van der Waals surface area contributed by atoms with E-state index in [1.54, 1.807) is 0 Å². The second-order valence-electron chi connectivity index (χ2n) is 4.92. The fourth-order valence-electron chi connectivity index (χ4n) is 2.25. The monoisotopic (exact) mass is 291 g/mol. The van der Waals surface area contributed by atoms with Crippen molar-refractivity contribution in [3.8, 4) is 0 Å². The molecule has 4 heteroatoms. The quantitative estimate of drug-likeness (QED) is 0.527. The van der Waals surface area contributed by atoms with Crippen molar-refractivity contribution in [2.45, 2.75) is 23.3 Å². The molecule has 1 aromatic carbocycles. The molecule has 0 aromatic heterocycles. The average molecular weight is 292 g/mol. The largest absolute Gasteiger partial charge is 0.468 e. The van der Waals surface area contributed by atoms with E-state index in [4.69, 9.17) is 17.3 Å². The number of carbonyl (C=O) groups excluding carboxylic acids is 1. The second-order valence-corrected chi connectivity index (χ2v) is 5.62. The number of ether oxygens (including phenoxy) is 1. The predicted octanol–water partition coefficient (Wildman–Crippen LogP) is 2.76. The number of rotatable bonds is 4. The Bertz CT molecular complexity index is 511. The third-order valence-corrected chi connectivity index (χ3v) is 3.79. The molecular formula is C16H18ClNO2. The van der Waals surface area contributed by atoms with E-state index in [1.807, 2.05) is 42.5 Å². The van der Waals surface area contributed by atoms with Gasteiger partial charge in [0.2, 0.25) is 0 Å². The maximum atomic E-state index is 11.4. The Kier molecular flexibility index (Phi) is 4.63. The number of halogens is 1. The molecule has 0 heterocycles. The molecule has 0 bridgehead atoms. The van der Waals surface area contributed by atoms with Gasteiger partial charge in [0.15, 0.2) is 0 Å². The zero-order valence-electron chi connectivity index (χ0n) is 11.3. The van der Waals surface area contributed by atoms with Crippen LogP contribution in [0.3, 0.4) is 0 Å². The first kappa shape index (κ1) is 14.8. The summed E-state index contributed by atoms with van der Waals surface area (Å²) in [6.07, 6.45) is 8.18. The third kappa shape index (κ3) is 3.50. The molecule has 1 aliphatic rings. The summed E-state index contributed by atoms with van der Waals surface area (Å²) in [6, 6.07) is 9.42. The number of benzene rings is 1. The number of hydrogen-bond donors (Lipinski definition) is 1. The van der Waals surface area contributed by atoms with Crippen LogP contribution in [0.2, 0.25) is 0 Å². The van der Waals surface area contributed by atoms with Gasteiger partial charge in [0.1, 0.15) is 6.04 Å². The fraction of sp³-hybridized carbons (Fsp3) is 0.312. The normalized spacial score (nSPS) is 26.2. The van der Waals surface area contributed by atoms with E-state index in [2.05, 4.69) is 16.9 Å². The van der Waals surface area contributed by atoms with Crippen molar-refractivity contribution in [2.24, 2.45) is 5.73 Å². The van der Waals surface area contributed by atoms with Crippen LogP contribution in [0.4, 0.5) is 0 Å². The van der Waals surface area contributed by atoms with Crippen molar-refractivity contribution in [1.82, 2.24) is 0 Å². The molecule has 0 spiro atoms. The molecule has 106 valence electrons. The lowest BCUT2D eigenvalue weighted by Gasteiger charge is -2.26. The minimum absolute atomic E-state index is 0.206. The number of alkyl halides is 1. The average Bonchev–Trinajstić information content (AvgIpc) is 2.47. The van der Waals surface area contributed by atoms with Gasteiger partial charge in [-0.25, -0.2) is 0 Å². The lowest BCUT2D eigenvalue weighted by molar-refractivity contribution is -0.142. The van der Waals surface area contributed by atoms with Crippen LogP contribution in [0, 0.1) is 0 Å². The van der Waals surface area contributed by atoms with E-state index >= 15 is 0 Å². The molecule has 0 fully saturated rings. The molecule has 0 radical (unpaired) electrons. The van der Waals surface area contributed by atoms with Gasteiger partial charge in [0, 0.05) is 5.92 Å². The van der Waals surface area contributed by atoms with Gasteiger partial charge in [-0.05, 0) is 12.0 Å². The number of esters is 1. The van der Waals surface area contributed by atoms with Crippen molar-refractivity contribution in [2.75, 3.05) is 7.11 Å². The van der Waals surface area contributed by atoms with E-state index in [-0.39, 0.29) is 5.92 Å². The number of methoxy groups -OCH3 is 1. The molecule has 20 heavy (non-hydrogen) atoms. The lowest BCUT2D eigenvalue weighted by atomic mass is 9.87. The van der Waals surface area contributed by atoms with Gasteiger partial charge >= 0.3 is 5.97 Å². The van der Waals surface area contributed by atoms with E-state index < -0.39 is 16.9 Å². The van der Waals surface area contributed by atoms with Crippen LogP contribution in [-0.2, 0) is 9.53 Å². The first-order valence-electron chi connectivity index (χ1n) is 6.50. The Morgan fingerprint density at radius 1 is 1.35 bits per heavy atom. The molecule has 1 aliphatic carbocycles. The predicted molar refractivity (Wildman–Crippen MR) is 80.7 cm³/mol. The number of nitrogens with two attached hydrogens (primary N) is 1. The molecule has 0 saturated carbocycles. The molecule has 2 N–H and O–H groups in total.